The maximum atomic E-state index is 11.9. The highest BCUT2D eigenvalue weighted by atomic mass is 16.5. The van der Waals surface area contributed by atoms with Gasteiger partial charge in [0.25, 0.3) is 5.56 Å². The van der Waals surface area contributed by atoms with Gasteiger partial charge in [0.15, 0.2) is 0 Å². The molecular weight excluding hydrogens is 390 g/mol. The highest BCUT2D eigenvalue weighted by molar-refractivity contribution is 6.05. The molecule has 2 heterocycles. The predicted octanol–water partition coefficient (Wildman–Crippen LogP) is 0.848. The number of nitrogens with one attached hydrogen (secondary N) is 3. The van der Waals surface area contributed by atoms with Gasteiger partial charge in [0.1, 0.15) is 5.52 Å². The number of pyridine rings is 1. The molecule has 158 valence electrons. The van der Waals surface area contributed by atoms with Crippen molar-refractivity contribution in [3.05, 3.63) is 52.5 Å². The first-order chi connectivity index (χ1) is 14.3. The maximum absolute atomic E-state index is 11.9. The van der Waals surface area contributed by atoms with Gasteiger partial charge in [0, 0.05) is 41.1 Å². The molecule has 0 bridgehead atoms. The van der Waals surface area contributed by atoms with Gasteiger partial charge in [-0.05, 0) is 36.3 Å². The molecule has 9 heteroatoms. The summed E-state index contributed by atoms with van der Waals surface area (Å²) in [6.45, 7) is 1.76. The normalized spacial score (nSPS) is 10.6. The third kappa shape index (κ3) is 6.06. The topological polar surface area (TPSA) is 144 Å². The van der Waals surface area contributed by atoms with Crippen molar-refractivity contribution in [2.24, 2.45) is 0 Å². The molecule has 0 aliphatic heterocycles. The second kappa shape index (κ2) is 10.6. The molecule has 3 N–H and O–H groups in total. The summed E-state index contributed by atoms with van der Waals surface area (Å²) in [6, 6.07) is 7.37. The van der Waals surface area contributed by atoms with E-state index in [-0.39, 0.29) is 36.8 Å². The van der Waals surface area contributed by atoms with E-state index in [1.807, 2.05) is 18.2 Å². The van der Waals surface area contributed by atoms with Crippen LogP contribution in [-0.2, 0) is 19.1 Å². The summed E-state index contributed by atoms with van der Waals surface area (Å²) in [5.74, 6) is -1.66. The van der Waals surface area contributed by atoms with Gasteiger partial charge in [-0.15, -0.1) is 0 Å². The molecule has 0 aliphatic rings. The summed E-state index contributed by atoms with van der Waals surface area (Å²) in [6.07, 6.45) is 5.04. The molecule has 0 saturated carbocycles. The van der Waals surface area contributed by atoms with Crippen molar-refractivity contribution in [3.8, 4) is 0 Å². The first-order valence-corrected chi connectivity index (χ1v) is 9.21. The fourth-order valence-corrected chi connectivity index (χ4v) is 2.58. The molecule has 0 atom stereocenters. The van der Waals surface area contributed by atoms with Crippen molar-refractivity contribution in [2.45, 2.75) is 19.8 Å². The quantitative estimate of drug-likeness (QED) is 0.404. The van der Waals surface area contributed by atoms with Gasteiger partial charge in [-0.3, -0.25) is 14.4 Å². The molecule has 30 heavy (non-hydrogen) atoms. The van der Waals surface area contributed by atoms with E-state index >= 15 is 0 Å². The van der Waals surface area contributed by atoms with Crippen LogP contribution in [0.2, 0.25) is 0 Å². The highest BCUT2D eigenvalue weighted by Gasteiger charge is 2.06. The molecule has 2 aromatic heterocycles. The van der Waals surface area contributed by atoms with Gasteiger partial charge in [0.2, 0.25) is 5.91 Å². The lowest BCUT2D eigenvalue weighted by Gasteiger charge is -2.02. The number of carboxylic acids is 1. The highest BCUT2D eigenvalue weighted by Crippen LogP contribution is 2.22. The number of hydrogen-bond acceptors (Lipinski definition) is 6. The van der Waals surface area contributed by atoms with Crippen molar-refractivity contribution >= 4 is 45.7 Å². The molecule has 1 amide bonds. The Labute approximate surface area is 171 Å². The average Bonchev–Trinajstić information content (AvgIpc) is 3.23. The molecule has 0 spiro atoms. The first-order valence-electron chi connectivity index (χ1n) is 9.21. The molecule has 3 aromatic rings. The molecule has 0 fully saturated rings. The Morgan fingerprint density at radius 3 is 2.60 bits per heavy atom. The van der Waals surface area contributed by atoms with Gasteiger partial charge in [-0.1, -0.05) is 13.0 Å². The number of carbonyl (C=O) groups is 3. The van der Waals surface area contributed by atoms with Crippen LogP contribution in [0, 0.1) is 0 Å². The van der Waals surface area contributed by atoms with Gasteiger partial charge in [-0.25, -0.2) is 0 Å². The number of aromatic amines is 2. The van der Waals surface area contributed by atoms with E-state index in [0.29, 0.717) is 5.52 Å². The SMILES string of the molecule is CCC(=O)[O-].COC(=O)CCNC(=O)C=Cc1ccc2[nH]c(=O)c3[nH]ccc3c2c1. The Morgan fingerprint density at radius 1 is 1.20 bits per heavy atom. The van der Waals surface area contributed by atoms with E-state index in [1.54, 1.807) is 18.3 Å². The summed E-state index contributed by atoms with van der Waals surface area (Å²) in [7, 11) is 1.30. The standard InChI is InChI=1S/C18H17N3O4.C3H6O2/c1-25-16(23)7-9-19-15(22)5-3-11-2-4-14-13(10-11)12-6-8-20-17(12)18(24)21-14;1-2-3(4)5/h2-6,8,10,20H,7,9H2,1H3,(H,19,22)(H,21,24);2H2,1H3,(H,4,5)/p-1. The largest absolute Gasteiger partial charge is 0.550 e. The Balaban J connectivity index is 0.000000575. The van der Waals surface area contributed by atoms with Crippen LogP contribution in [0.25, 0.3) is 27.9 Å². The average molecular weight is 412 g/mol. The molecular formula is C21H22N3O6-. The lowest BCUT2D eigenvalue weighted by Crippen LogP contribution is -2.24. The van der Waals surface area contributed by atoms with Crippen LogP contribution in [0.15, 0.2) is 41.3 Å². The summed E-state index contributed by atoms with van der Waals surface area (Å²) in [4.78, 5) is 49.7. The monoisotopic (exact) mass is 412 g/mol. The van der Waals surface area contributed by atoms with Gasteiger partial charge < -0.3 is 29.9 Å². The Morgan fingerprint density at radius 2 is 1.93 bits per heavy atom. The minimum Gasteiger partial charge on any atom is -0.550 e. The molecule has 0 saturated heterocycles. The van der Waals surface area contributed by atoms with E-state index in [0.717, 1.165) is 21.9 Å². The van der Waals surface area contributed by atoms with Gasteiger partial charge in [0.05, 0.1) is 13.5 Å². The second-order valence-corrected chi connectivity index (χ2v) is 6.20. The summed E-state index contributed by atoms with van der Waals surface area (Å²) in [5.41, 5.74) is 1.91. The van der Waals surface area contributed by atoms with Crippen LogP contribution in [0.4, 0.5) is 0 Å². The summed E-state index contributed by atoms with van der Waals surface area (Å²) >= 11 is 0. The van der Waals surface area contributed by atoms with E-state index in [4.69, 9.17) is 0 Å². The molecule has 1 aromatic carbocycles. The van der Waals surface area contributed by atoms with Crippen LogP contribution < -0.4 is 16.0 Å². The third-order valence-electron chi connectivity index (χ3n) is 4.13. The fourth-order valence-electron chi connectivity index (χ4n) is 2.58. The number of esters is 1. The molecule has 0 unspecified atom stereocenters. The molecule has 0 radical (unpaired) electrons. The van der Waals surface area contributed by atoms with Gasteiger partial charge >= 0.3 is 5.97 Å². The zero-order valence-electron chi connectivity index (χ0n) is 16.6. The van der Waals surface area contributed by atoms with Crippen LogP contribution >= 0.6 is 0 Å². The van der Waals surface area contributed by atoms with E-state index in [9.17, 15) is 24.3 Å². The number of carboxylic acid groups (broad SMARTS) is 1. The lowest BCUT2D eigenvalue weighted by molar-refractivity contribution is -0.305. The minimum atomic E-state index is -0.995. The predicted molar refractivity (Wildman–Crippen MR) is 110 cm³/mol. The van der Waals surface area contributed by atoms with Crippen molar-refractivity contribution in [1.82, 2.24) is 15.3 Å². The van der Waals surface area contributed by atoms with E-state index in [1.165, 1.54) is 20.1 Å². The summed E-state index contributed by atoms with van der Waals surface area (Å²) < 4.78 is 4.50. The smallest absolute Gasteiger partial charge is 0.307 e. The number of rotatable bonds is 6. The Hall–Kier alpha value is -3.88. The fraction of sp³-hybridized carbons (Fsp3) is 0.238. The Bertz CT molecular complexity index is 1140. The number of ether oxygens (including phenoxy) is 1. The molecule has 3 rings (SSSR count). The third-order valence-corrected chi connectivity index (χ3v) is 4.13. The second-order valence-electron chi connectivity index (χ2n) is 6.20. The Kier molecular flexibility index (Phi) is 7.92. The zero-order chi connectivity index (χ0) is 22.1. The van der Waals surface area contributed by atoms with Crippen LogP contribution in [0.3, 0.4) is 0 Å². The lowest BCUT2D eigenvalue weighted by atomic mass is 10.1. The van der Waals surface area contributed by atoms with Crippen LogP contribution in [0.1, 0.15) is 25.3 Å². The number of aliphatic carboxylic acids is 1. The first kappa shape index (κ1) is 22.4. The number of benzene rings is 1. The number of amides is 1. The summed E-state index contributed by atoms with van der Waals surface area (Å²) in [5, 5.41) is 13.6. The number of methoxy groups -OCH3 is 1. The number of carbonyl (C=O) groups excluding carboxylic acids is 3. The van der Waals surface area contributed by atoms with Crippen molar-refractivity contribution in [2.75, 3.05) is 13.7 Å². The van der Waals surface area contributed by atoms with Crippen LogP contribution in [-0.4, -0.2) is 41.5 Å². The van der Waals surface area contributed by atoms with Gasteiger partial charge in [-0.2, -0.15) is 0 Å². The number of H-pyrrole nitrogens is 2. The number of fused-ring (bicyclic) bond motifs is 3. The van der Waals surface area contributed by atoms with Crippen molar-refractivity contribution in [3.63, 3.8) is 0 Å². The maximum Gasteiger partial charge on any atom is 0.307 e. The minimum absolute atomic E-state index is 0.111. The zero-order valence-corrected chi connectivity index (χ0v) is 16.6. The molecule has 9 nitrogen and oxygen atoms in total. The van der Waals surface area contributed by atoms with E-state index in [2.05, 4.69) is 20.0 Å². The molecule has 0 aliphatic carbocycles. The number of hydrogen-bond donors (Lipinski definition) is 3. The van der Waals surface area contributed by atoms with E-state index < -0.39 is 5.97 Å². The van der Waals surface area contributed by atoms with Crippen LogP contribution in [0.5, 0.6) is 0 Å². The van der Waals surface area contributed by atoms with Crippen molar-refractivity contribution in [1.29, 1.82) is 0 Å². The number of aromatic nitrogens is 2. The van der Waals surface area contributed by atoms with Crippen molar-refractivity contribution < 1.29 is 24.2 Å².